The van der Waals surface area contributed by atoms with Crippen LogP contribution in [-0.4, -0.2) is 34.2 Å². The molecular formula is C26H23FN4O4. The van der Waals surface area contributed by atoms with Gasteiger partial charge < -0.3 is 14.5 Å². The first-order valence-electron chi connectivity index (χ1n) is 11.0. The van der Waals surface area contributed by atoms with E-state index in [1.165, 1.54) is 35.1 Å². The number of halogens is 1. The summed E-state index contributed by atoms with van der Waals surface area (Å²) in [7, 11) is 1.51. The van der Waals surface area contributed by atoms with Crippen LogP contribution >= 0.6 is 0 Å². The van der Waals surface area contributed by atoms with Crippen molar-refractivity contribution in [2.75, 3.05) is 12.0 Å². The Morgan fingerprint density at radius 1 is 1.17 bits per heavy atom. The minimum Gasteiger partial charge on any atom is -0.495 e. The number of rotatable bonds is 6. The first kappa shape index (κ1) is 22.4. The van der Waals surface area contributed by atoms with Crippen LogP contribution in [0.25, 0.3) is 11.5 Å². The van der Waals surface area contributed by atoms with Crippen LogP contribution in [0.5, 0.6) is 5.75 Å². The number of methoxy groups -OCH3 is 1. The summed E-state index contributed by atoms with van der Waals surface area (Å²) in [5.74, 6) is -0.251. The summed E-state index contributed by atoms with van der Waals surface area (Å²) in [6.07, 6.45) is 1.53. The molecule has 35 heavy (non-hydrogen) atoms. The van der Waals surface area contributed by atoms with Crippen LogP contribution in [0, 0.1) is 5.82 Å². The minimum absolute atomic E-state index is 0.0851. The molecule has 2 aromatic carbocycles. The number of hydrogen-bond donors (Lipinski definition) is 1. The van der Waals surface area contributed by atoms with Gasteiger partial charge in [-0.25, -0.2) is 4.39 Å². The van der Waals surface area contributed by atoms with Crippen LogP contribution in [0.1, 0.15) is 23.0 Å². The summed E-state index contributed by atoms with van der Waals surface area (Å²) in [6.45, 7) is 1.86. The maximum Gasteiger partial charge on any atom is 0.277 e. The van der Waals surface area contributed by atoms with E-state index in [9.17, 15) is 14.0 Å². The van der Waals surface area contributed by atoms with Gasteiger partial charge in [0, 0.05) is 12.6 Å². The number of para-hydroxylation sites is 2. The lowest BCUT2D eigenvalue weighted by molar-refractivity contribution is -0.126. The predicted octanol–water partition coefficient (Wildman–Crippen LogP) is 4.03. The second-order valence-corrected chi connectivity index (χ2v) is 8.45. The summed E-state index contributed by atoms with van der Waals surface area (Å²) in [6, 6.07) is 18.2. The molecule has 2 amide bonds. The number of hydrogen-bond acceptors (Lipinski definition) is 5. The van der Waals surface area contributed by atoms with Crippen LogP contribution in [0.2, 0.25) is 0 Å². The quantitative estimate of drug-likeness (QED) is 0.456. The van der Waals surface area contributed by atoms with Crippen LogP contribution in [0.4, 0.5) is 10.1 Å². The van der Waals surface area contributed by atoms with Crippen LogP contribution in [-0.2, 0) is 17.9 Å². The Morgan fingerprint density at radius 2 is 2.00 bits per heavy atom. The number of nitrogens with one attached hydrogen (secondary N) is 1. The molecule has 0 spiro atoms. The summed E-state index contributed by atoms with van der Waals surface area (Å²) >= 11 is 0. The van der Waals surface area contributed by atoms with E-state index in [0.29, 0.717) is 34.1 Å². The van der Waals surface area contributed by atoms with Crippen molar-refractivity contribution in [2.45, 2.75) is 25.6 Å². The highest BCUT2D eigenvalue weighted by Gasteiger charge is 2.49. The van der Waals surface area contributed by atoms with Crippen molar-refractivity contribution in [1.29, 1.82) is 0 Å². The summed E-state index contributed by atoms with van der Waals surface area (Å²) in [4.78, 5) is 28.9. The molecule has 8 nitrogen and oxygen atoms in total. The van der Waals surface area contributed by atoms with E-state index in [0.717, 1.165) is 0 Å². The number of amides is 2. The highest BCUT2D eigenvalue weighted by Crippen LogP contribution is 2.38. The number of fused-ring (bicyclic) bond motifs is 1. The van der Waals surface area contributed by atoms with Gasteiger partial charge in [0.2, 0.25) is 5.91 Å². The van der Waals surface area contributed by atoms with Crippen molar-refractivity contribution in [3.63, 3.8) is 0 Å². The number of nitrogens with zero attached hydrogens (tertiary/aromatic N) is 3. The fourth-order valence-corrected chi connectivity index (χ4v) is 4.34. The van der Waals surface area contributed by atoms with Crippen molar-refractivity contribution >= 4 is 17.5 Å². The molecule has 1 aliphatic heterocycles. The second kappa shape index (κ2) is 8.75. The lowest BCUT2D eigenvalue weighted by Gasteiger charge is -2.43. The Bertz CT molecular complexity index is 1400. The normalized spacial score (nSPS) is 17.2. The molecule has 1 atom stereocenters. The van der Waals surface area contributed by atoms with E-state index < -0.39 is 23.2 Å². The third-order valence-corrected chi connectivity index (χ3v) is 6.08. The van der Waals surface area contributed by atoms with Crippen molar-refractivity contribution in [3.8, 4) is 17.2 Å². The molecule has 9 heteroatoms. The van der Waals surface area contributed by atoms with Crippen molar-refractivity contribution < 1.29 is 23.1 Å². The van der Waals surface area contributed by atoms with Crippen LogP contribution < -0.4 is 15.0 Å². The van der Waals surface area contributed by atoms with E-state index in [4.69, 9.17) is 9.15 Å². The number of carbonyl (C=O) groups is 2. The molecule has 178 valence electrons. The smallest absolute Gasteiger partial charge is 0.277 e. The van der Waals surface area contributed by atoms with E-state index in [1.54, 1.807) is 61.5 Å². The molecule has 0 unspecified atom stereocenters. The van der Waals surface area contributed by atoms with Gasteiger partial charge in [0.05, 0.1) is 25.6 Å². The Kier molecular flexibility index (Phi) is 5.60. The molecule has 0 bridgehead atoms. The van der Waals surface area contributed by atoms with Gasteiger partial charge in [-0.05, 0) is 48.9 Å². The zero-order valence-electron chi connectivity index (χ0n) is 19.2. The monoisotopic (exact) mass is 474 g/mol. The lowest BCUT2D eigenvalue weighted by atomic mass is 9.93. The van der Waals surface area contributed by atoms with Gasteiger partial charge in [-0.2, -0.15) is 5.10 Å². The number of ether oxygens (including phenoxy) is 1. The van der Waals surface area contributed by atoms with Gasteiger partial charge in [0.25, 0.3) is 5.91 Å². The van der Waals surface area contributed by atoms with Gasteiger partial charge in [-0.3, -0.25) is 19.2 Å². The molecule has 4 aromatic rings. The minimum atomic E-state index is -1.36. The van der Waals surface area contributed by atoms with Crippen LogP contribution in [0.15, 0.2) is 77.4 Å². The Hall–Kier alpha value is -4.40. The Labute approximate surface area is 200 Å². The van der Waals surface area contributed by atoms with E-state index in [2.05, 4.69) is 10.4 Å². The number of aromatic nitrogens is 2. The summed E-state index contributed by atoms with van der Waals surface area (Å²) < 4.78 is 26.1. The Morgan fingerprint density at radius 3 is 2.74 bits per heavy atom. The fraction of sp³-hybridized carbons (Fsp3) is 0.192. The number of carbonyl (C=O) groups excluding carboxylic acids is 2. The highest BCUT2D eigenvalue weighted by molar-refractivity contribution is 6.12. The molecule has 2 aromatic heterocycles. The lowest BCUT2D eigenvalue weighted by Crippen LogP contribution is -2.64. The topological polar surface area (TPSA) is 89.6 Å². The molecule has 0 saturated heterocycles. The number of anilines is 1. The van der Waals surface area contributed by atoms with E-state index in [-0.39, 0.29) is 13.1 Å². The molecule has 0 saturated carbocycles. The molecular weight excluding hydrogens is 451 g/mol. The fourth-order valence-electron chi connectivity index (χ4n) is 4.34. The molecule has 1 N–H and O–H groups in total. The largest absolute Gasteiger partial charge is 0.495 e. The van der Waals surface area contributed by atoms with Crippen molar-refractivity contribution in [1.82, 2.24) is 15.1 Å². The molecule has 3 heterocycles. The predicted molar refractivity (Wildman–Crippen MR) is 126 cm³/mol. The maximum absolute atomic E-state index is 13.9. The first-order chi connectivity index (χ1) is 16.9. The number of benzene rings is 2. The average molecular weight is 474 g/mol. The molecule has 0 aliphatic carbocycles. The van der Waals surface area contributed by atoms with Gasteiger partial charge in [0.1, 0.15) is 28.5 Å². The van der Waals surface area contributed by atoms with Gasteiger partial charge >= 0.3 is 0 Å². The molecule has 0 fully saturated rings. The van der Waals surface area contributed by atoms with Crippen molar-refractivity contribution in [2.24, 2.45) is 0 Å². The molecule has 0 radical (unpaired) electrons. The highest BCUT2D eigenvalue weighted by atomic mass is 19.1. The van der Waals surface area contributed by atoms with Gasteiger partial charge in [-0.1, -0.05) is 24.3 Å². The summed E-state index contributed by atoms with van der Waals surface area (Å²) in [5.41, 5.74) is 0.502. The number of furan rings is 1. The Balaban J connectivity index is 1.56. The zero-order chi connectivity index (χ0) is 24.6. The zero-order valence-corrected chi connectivity index (χ0v) is 19.2. The third-order valence-electron chi connectivity index (χ3n) is 6.08. The summed E-state index contributed by atoms with van der Waals surface area (Å²) in [5, 5.41) is 7.40. The standard InChI is InChI=1S/C26H23FN4O4/c1-26(25(33)28-15-17-7-5-8-18(27)13-17)16-30-21(14-19(29-30)22-11-6-12-35-22)24(32)31(26)20-9-3-4-10-23(20)34-2/h3-14H,15-16H2,1-2H3,(H,28,33)/t26-/m0/s1. The van der Waals surface area contributed by atoms with Crippen molar-refractivity contribution in [3.05, 3.63) is 90.1 Å². The average Bonchev–Trinajstić information content (AvgIpc) is 3.53. The first-order valence-corrected chi connectivity index (χ1v) is 11.0. The van der Waals surface area contributed by atoms with Gasteiger partial charge in [0.15, 0.2) is 5.76 Å². The SMILES string of the molecule is COc1ccccc1N1C(=O)c2cc(-c3ccco3)nn2C[C@@]1(C)C(=O)NCc1cccc(F)c1. The van der Waals surface area contributed by atoms with E-state index >= 15 is 0 Å². The third kappa shape index (κ3) is 3.95. The molecule has 5 rings (SSSR count). The van der Waals surface area contributed by atoms with Crippen LogP contribution in [0.3, 0.4) is 0 Å². The van der Waals surface area contributed by atoms with E-state index in [1.807, 2.05) is 0 Å². The molecule has 1 aliphatic rings. The van der Waals surface area contributed by atoms with Gasteiger partial charge in [-0.15, -0.1) is 0 Å². The second-order valence-electron chi connectivity index (χ2n) is 8.45. The maximum atomic E-state index is 13.9.